The maximum Gasteiger partial charge on any atom is 0.191 e. The molecule has 0 radical (unpaired) electrons. The maximum atomic E-state index is 10.4. The van der Waals surface area contributed by atoms with Crippen LogP contribution in [0.4, 0.5) is 0 Å². The molecule has 0 spiro atoms. The highest BCUT2D eigenvalue weighted by Gasteiger charge is 2.34. The van der Waals surface area contributed by atoms with Crippen molar-refractivity contribution < 1.29 is 14.9 Å². The molecule has 0 amide bonds. The molecule has 1 aromatic carbocycles. The maximum absolute atomic E-state index is 10.4. The predicted octanol–water partition coefficient (Wildman–Crippen LogP) is 1.37. The highest BCUT2D eigenvalue weighted by molar-refractivity contribution is 5.79. The van der Waals surface area contributed by atoms with Gasteiger partial charge in [-0.05, 0) is 32.3 Å². The van der Waals surface area contributed by atoms with E-state index in [4.69, 9.17) is 4.74 Å². The van der Waals surface area contributed by atoms with E-state index in [-0.39, 0.29) is 12.0 Å². The van der Waals surface area contributed by atoms with E-state index >= 15 is 0 Å². The van der Waals surface area contributed by atoms with Crippen molar-refractivity contribution >= 4 is 5.96 Å². The van der Waals surface area contributed by atoms with E-state index < -0.39 is 6.10 Å². The summed E-state index contributed by atoms with van der Waals surface area (Å²) in [5.74, 6) is 0.679. The molecule has 1 aliphatic heterocycles. The third-order valence-electron chi connectivity index (χ3n) is 4.63. The molecule has 1 fully saturated rings. The van der Waals surface area contributed by atoms with Gasteiger partial charge >= 0.3 is 0 Å². The molecule has 0 aliphatic carbocycles. The summed E-state index contributed by atoms with van der Waals surface area (Å²) in [5, 5.41) is 26.1. The minimum absolute atomic E-state index is 0.0771. The molecule has 0 bridgehead atoms. The molecular formula is C19H31N3O3. The van der Waals surface area contributed by atoms with E-state index in [2.05, 4.69) is 15.6 Å². The number of rotatable bonds is 8. The number of benzene rings is 1. The van der Waals surface area contributed by atoms with Crippen molar-refractivity contribution in [1.82, 2.24) is 10.6 Å². The van der Waals surface area contributed by atoms with Crippen LogP contribution in [0.3, 0.4) is 0 Å². The van der Waals surface area contributed by atoms with Crippen LogP contribution in [0.1, 0.15) is 37.0 Å². The first-order valence-corrected chi connectivity index (χ1v) is 9.04. The number of aryl methyl sites for hydroxylation is 1. The van der Waals surface area contributed by atoms with Crippen LogP contribution in [0.25, 0.3) is 0 Å². The monoisotopic (exact) mass is 349 g/mol. The SMILES string of the molecule is CCNC(=NCC1(CCO)CCOC1)NCC(O)c1cccc(C)c1. The zero-order valence-corrected chi connectivity index (χ0v) is 15.3. The Labute approximate surface area is 150 Å². The molecule has 1 heterocycles. The zero-order chi connectivity index (χ0) is 18.1. The molecule has 0 saturated carbocycles. The van der Waals surface area contributed by atoms with Crippen LogP contribution in [0.2, 0.25) is 0 Å². The number of aliphatic imine (C=N–C) groups is 1. The summed E-state index contributed by atoms with van der Waals surface area (Å²) in [6.45, 7) is 7.27. The van der Waals surface area contributed by atoms with Gasteiger partial charge in [0.05, 0.1) is 19.3 Å². The molecule has 140 valence electrons. The van der Waals surface area contributed by atoms with Crippen molar-refractivity contribution in [3.05, 3.63) is 35.4 Å². The van der Waals surface area contributed by atoms with Crippen LogP contribution in [-0.2, 0) is 4.74 Å². The predicted molar refractivity (Wildman–Crippen MR) is 99.7 cm³/mol. The number of hydrogen-bond acceptors (Lipinski definition) is 4. The summed E-state index contributed by atoms with van der Waals surface area (Å²) in [4.78, 5) is 4.66. The van der Waals surface area contributed by atoms with Gasteiger partial charge in [0, 0.05) is 31.7 Å². The van der Waals surface area contributed by atoms with Gasteiger partial charge in [0.2, 0.25) is 0 Å². The first-order chi connectivity index (χ1) is 12.1. The van der Waals surface area contributed by atoms with Crippen molar-refractivity contribution in [2.45, 2.75) is 32.8 Å². The van der Waals surface area contributed by atoms with E-state index in [1.54, 1.807) is 0 Å². The van der Waals surface area contributed by atoms with Gasteiger partial charge in [-0.3, -0.25) is 4.99 Å². The lowest BCUT2D eigenvalue weighted by molar-refractivity contribution is 0.131. The van der Waals surface area contributed by atoms with Gasteiger partial charge in [-0.1, -0.05) is 29.8 Å². The number of ether oxygens (including phenoxy) is 1. The summed E-state index contributed by atoms with van der Waals surface area (Å²) >= 11 is 0. The minimum atomic E-state index is -0.593. The van der Waals surface area contributed by atoms with E-state index in [0.29, 0.717) is 32.1 Å². The molecule has 1 aliphatic rings. The normalized spacial score (nSPS) is 22.0. The Balaban J connectivity index is 1.95. The number of aliphatic hydroxyl groups is 2. The lowest BCUT2D eigenvalue weighted by atomic mass is 9.84. The van der Waals surface area contributed by atoms with Gasteiger partial charge in [0.1, 0.15) is 0 Å². The van der Waals surface area contributed by atoms with Gasteiger partial charge in [-0.15, -0.1) is 0 Å². The van der Waals surface area contributed by atoms with Gasteiger partial charge in [-0.2, -0.15) is 0 Å². The van der Waals surface area contributed by atoms with Crippen molar-refractivity contribution in [3.63, 3.8) is 0 Å². The third-order valence-corrected chi connectivity index (χ3v) is 4.63. The lowest BCUT2D eigenvalue weighted by Gasteiger charge is -2.25. The standard InChI is InChI=1S/C19H31N3O3/c1-3-20-18(22-13-19(7-9-23)8-10-25-14-19)21-12-17(24)16-6-4-5-15(2)11-16/h4-6,11,17,23-24H,3,7-10,12-14H2,1-2H3,(H2,20,21,22). The number of nitrogens with one attached hydrogen (secondary N) is 2. The van der Waals surface area contributed by atoms with E-state index in [0.717, 1.165) is 30.7 Å². The fraction of sp³-hybridized carbons (Fsp3) is 0.632. The van der Waals surface area contributed by atoms with Crippen LogP contribution < -0.4 is 10.6 Å². The quantitative estimate of drug-likeness (QED) is 0.421. The first-order valence-electron chi connectivity index (χ1n) is 9.04. The Kier molecular flexibility index (Phi) is 7.68. The Morgan fingerprint density at radius 1 is 1.40 bits per heavy atom. The number of aliphatic hydroxyl groups excluding tert-OH is 2. The number of hydrogen-bond donors (Lipinski definition) is 4. The minimum Gasteiger partial charge on any atom is -0.396 e. The average molecular weight is 349 g/mol. The molecule has 1 saturated heterocycles. The second-order valence-corrected chi connectivity index (χ2v) is 6.78. The fourth-order valence-corrected chi connectivity index (χ4v) is 3.06. The highest BCUT2D eigenvalue weighted by Crippen LogP contribution is 2.32. The van der Waals surface area contributed by atoms with Crippen LogP contribution in [0.5, 0.6) is 0 Å². The fourth-order valence-electron chi connectivity index (χ4n) is 3.06. The van der Waals surface area contributed by atoms with E-state index in [1.165, 1.54) is 0 Å². The van der Waals surface area contributed by atoms with Crippen LogP contribution in [-0.4, -0.2) is 55.6 Å². The molecule has 2 atom stereocenters. The molecule has 1 aromatic rings. The Hall–Kier alpha value is -1.63. The molecular weight excluding hydrogens is 318 g/mol. The molecule has 4 N–H and O–H groups in total. The number of guanidine groups is 1. The van der Waals surface area contributed by atoms with Gasteiger partial charge in [0.15, 0.2) is 5.96 Å². The summed E-state index contributed by atoms with van der Waals surface area (Å²) in [6, 6.07) is 7.88. The van der Waals surface area contributed by atoms with Crippen LogP contribution >= 0.6 is 0 Å². The molecule has 6 heteroatoms. The van der Waals surface area contributed by atoms with Crippen LogP contribution in [0, 0.1) is 12.3 Å². The zero-order valence-electron chi connectivity index (χ0n) is 15.3. The summed E-state index contributed by atoms with van der Waals surface area (Å²) in [5.41, 5.74) is 1.94. The molecule has 2 rings (SSSR count). The average Bonchev–Trinajstić information content (AvgIpc) is 3.06. The third kappa shape index (κ3) is 5.99. The Bertz CT molecular complexity index is 557. The Morgan fingerprint density at radius 3 is 2.88 bits per heavy atom. The van der Waals surface area contributed by atoms with Gasteiger partial charge < -0.3 is 25.6 Å². The smallest absolute Gasteiger partial charge is 0.191 e. The molecule has 25 heavy (non-hydrogen) atoms. The second kappa shape index (κ2) is 9.75. The molecule has 6 nitrogen and oxygen atoms in total. The summed E-state index contributed by atoms with van der Waals surface area (Å²) in [7, 11) is 0. The van der Waals surface area contributed by atoms with Gasteiger partial charge in [0.25, 0.3) is 0 Å². The van der Waals surface area contributed by atoms with E-state index in [1.807, 2.05) is 38.1 Å². The highest BCUT2D eigenvalue weighted by atomic mass is 16.5. The largest absolute Gasteiger partial charge is 0.396 e. The molecule has 2 unspecified atom stereocenters. The van der Waals surface area contributed by atoms with Crippen molar-refractivity contribution in [3.8, 4) is 0 Å². The molecule has 0 aromatic heterocycles. The summed E-state index contributed by atoms with van der Waals surface area (Å²) in [6.07, 6.45) is 1.02. The summed E-state index contributed by atoms with van der Waals surface area (Å²) < 4.78 is 5.51. The first kappa shape index (κ1) is 19.7. The van der Waals surface area contributed by atoms with Gasteiger partial charge in [-0.25, -0.2) is 0 Å². The lowest BCUT2D eigenvalue weighted by Crippen LogP contribution is -2.40. The second-order valence-electron chi connectivity index (χ2n) is 6.78. The number of nitrogens with zero attached hydrogens (tertiary/aromatic N) is 1. The Morgan fingerprint density at radius 2 is 2.24 bits per heavy atom. The van der Waals surface area contributed by atoms with Crippen molar-refractivity contribution in [2.24, 2.45) is 10.4 Å². The topological polar surface area (TPSA) is 86.1 Å². The van der Waals surface area contributed by atoms with Crippen LogP contribution in [0.15, 0.2) is 29.3 Å². The van der Waals surface area contributed by atoms with Crippen molar-refractivity contribution in [1.29, 1.82) is 0 Å². The van der Waals surface area contributed by atoms with Crippen molar-refractivity contribution in [2.75, 3.05) is 39.5 Å². The van der Waals surface area contributed by atoms with E-state index in [9.17, 15) is 10.2 Å².